The Bertz CT molecular complexity index is 1100. The molecule has 2 heterocycles. The number of amides is 3. The first-order chi connectivity index (χ1) is 17.8. The molecule has 0 radical (unpaired) electrons. The third kappa shape index (κ3) is 7.06. The maximum atomic E-state index is 13.5. The second-order valence-corrected chi connectivity index (χ2v) is 9.29. The number of aliphatic carboxylic acids is 1. The Labute approximate surface area is 214 Å². The molecule has 0 saturated carbocycles. The van der Waals surface area contributed by atoms with E-state index in [9.17, 15) is 29.4 Å². The molecule has 0 bridgehead atoms. The van der Waals surface area contributed by atoms with E-state index in [1.807, 2.05) is 24.3 Å². The number of carboxylic acids is 1. The summed E-state index contributed by atoms with van der Waals surface area (Å²) in [4.78, 5) is 55.4. The van der Waals surface area contributed by atoms with E-state index >= 15 is 0 Å². The fourth-order valence-corrected chi connectivity index (χ4v) is 4.60. The topological polar surface area (TPSA) is 204 Å². The van der Waals surface area contributed by atoms with Gasteiger partial charge in [0, 0.05) is 30.1 Å². The molecule has 12 nitrogen and oxygen atoms in total. The Morgan fingerprint density at radius 1 is 1.11 bits per heavy atom. The lowest BCUT2D eigenvalue weighted by Crippen LogP contribution is -2.58. The summed E-state index contributed by atoms with van der Waals surface area (Å²) in [6, 6.07) is 3.26. The van der Waals surface area contributed by atoms with Crippen LogP contribution in [0.25, 0.3) is 10.9 Å². The number of para-hydroxylation sites is 1. The highest BCUT2D eigenvalue weighted by molar-refractivity contribution is 5.95. The van der Waals surface area contributed by atoms with Gasteiger partial charge in [-0.15, -0.1) is 0 Å². The number of H-pyrrole nitrogens is 1. The van der Waals surface area contributed by atoms with Crippen LogP contribution >= 0.6 is 0 Å². The highest BCUT2D eigenvalue weighted by Crippen LogP contribution is 2.21. The molecule has 2 aromatic rings. The summed E-state index contributed by atoms with van der Waals surface area (Å²) < 4.78 is 0. The zero-order valence-corrected chi connectivity index (χ0v) is 20.7. The minimum Gasteiger partial charge on any atom is -0.480 e. The number of nitrogens with zero attached hydrogens (tertiary/aromatic N) is 1. The lowest BCUT2D eigenvalue weighted by Gasteiger charge is -2.29. The van der Waals surface area contributed by atoms with E-state index in [1.165, 1.54) is 4.90 Å². The predicted molar refractivity (Wildman–Crippen MR) is 136 cm³/mol. The zero-order valence-electron chi connectivity index (χ0n) is 20.7. The Morgan fingerprint density at radius 2 is 1.84 bits per heavy atom. The quantitative estimate of drug-likeness (QED) is 0.168. The van der Waals surface area contributed by atoms with Gasteiger partial charge in [-0.2, -0.15) is 0 Å². The molecule has 9 N–H and O–H groups in total. The van der Waals surface area contributed by atoms with Gasteiger partial charge in [-0.25, -0.2) is 4.79 Å². The molecule has 12 heteroatoms. The number of nitrogens with one attached hydrogen (secondary N) is 3. The van der Waals surface area contributed by atoms with Crippen LogP contribution in [0.2, 0.25) is 0 Å². The van der Waals surface area contributed by atoms with Gasteiger partial charge in [0.1, 0.15) is 24.2 Å². The van der Waals surface area contributed by atoms with Gasteiger partial charge < -0.3 is 42.2 Å². The smallest absolute Gasteiger partial charge is 0.326 e. The number of aliphatic hydroxyl groups is 1. The van der Waals surface area contributed by atoms with Crippen LogP contribution in [0.15, 0.2) is 30.5 Å². The fourth-order valence-electron chi connectivity index (χ4n) is 4.60. The molecule has 1 aromatic heterocycles. The summed E-state index contributed by atoms with van der Waals surface area (Å²) >= 11 is 0. The summed E-state index contributed by atoms with van der Waals surface area (Å²) in [6.45, 7) is 0.105. The number of unbranched alkanes of at least 4 members (excludes halogenated alkanes) is 1. The summed E-state index contributed by atoms with van der Waals surface area (Å²) in [5.74, 6) is -2.88. The van der Waals surface area contributed by atoms with Gasteiger partial charge in [0.25, 0.3) is 0 Å². The number of carbonyl (C=O) groups excluding carboxylic acids is 3. The Kier molecular flexibility index (Phi) is 10.0. The van der Waals surface area contributed by atoms with E-state index in [1.54, 1.807) is 6.20 Å². The molecule has 4 atom stereocenters. The van der Waals surface area contributed by atoms with Crippen molar-refractivity contribution in [1.82, 2.24) is 20.5 Å². The highest BCUT2D eigenvalue weighted by atomic mass is 16.4. The number of hydrogen-bond donors (Lipinski definition) is 7. The number of aliphatic hydroxyl groups excluding tert-OH is 1. The monoisotopic (exact) mass is 516 g/mol. The van der Waals surface area contributed by atoms with E-state index in [0.29, 0.717) is 38.8 Å². The second kappa shape index (κ2) is 13.2. The van der Waals surface area contributed by atoms with E-state index in [0.717, 1.165) is 16.5 Å². The van der Waals surface area contributed by atoms with Gasteiger partial charge in [-0.3, -0.25) is 14.4 Å². The maximum absolute atomic E-state index is 13.5. The molecule has 202 valence electrons. The summed E-state index contributed by atoms with van der Waals surface area (Å²) in [5, 5.41) is 25.0. The molecular weight excluding hydrogens is 480 g/mol. The minimum absolute atomic E-state index is 0.102. The molecule has 1 fully saturated rings. The second-order valence-electron chi connectivity index (χ2n) is 9.29. The number of carboxylic acid groups (broad SMARTS) is 1. The lowest BCUT2D eigenvalue weighted by molar-refractivity contribution is -0.149. The van der Waals surface area contributed by atoms with Crippen molar-refractivity contribution in [2.75, 3.05) is 19.7 Å². The van der Waals surface area contributed by atoms with E-state index in [-0.39, 0.29) is 12.8 Å². The first-order valence-corrected chi connectivity index (χ1v) is 12.5. The third-order valence-electron chi connectivity index (χ3n) is 6.65. The van der Waals surface area contributed by atoms with Crippen molar-refractivity contribution >= 4 is 34.6 Å². The molecular formula is C25H36N6O6. The molecule has 3 rings (SSSR count). The molecule has 1 saturated heterocycles. The van der Waals surface area contributed by atoms with Crippen LogP contribution in [0.1, 0.15) is 37.7 Å². The van der Waals surface area contributed by atoms with Crippen LogP contribution in [0, 0.1) is 0 Å². The number of carbonyl (C=O) groups is 4. The predicted octanol–water partition coefficient (Wildman–Crippen LogP) is -0.796. The lowest BCUT2D eigenvalue weighted by atomic mass is 10.0. The number of aromatic amines is 1. The SMILES string of the molecule is NCCCCC(NC(=O)C(Cc1c[nH]c2ccccc12)NC(=O)C(N)CO)C(=O)N1CCCC1C(=O)O. The van der Waals surface area contributed by atoms with Crippen LogP contribution < -0.4 is 22.1 Å². The van der Waals surface area contributed by atoms with Crippen LogP contribution in [-0.2, 0) is 25.6 Å². The van der Waals surface area contributed by atoms with Crippen LogP contribution in [0.4, 0.5) is 0 Å². The van der Waals surface area contributed by atoms with Crippen molar-refractivity contribution in [2.24, 2.45) is 11.5 Å². The number of hydrogen-bond acceptors (Lipinski definition) is 7. The molecule has 1 aliphatic rings. The van der Waals surface area contributed by atoms with Crippen molar-refractivity contribution in [2.45, 2.75) is 62.7 Å². The minimum atomic E-state index is -1.22. The molecule has 37 heavy (non-hydrogen) atoms. The maximum Gasteiger partial charge on any atom is 0.326 e. The van der Waals surface area contributed by atoms with Crippen LogP contribution in [0.3, 0.4) is 0 Å². The summed E-state index contributed by atoms with van der Waals surface area (Å²) in [7, 11) is 0. The average Bonchev–Trinajstić information content (AvgIpc) is 3.54. The fraction of sp³-hybridized carbons (Fsp3) is 0.520. The largest absolute Gasteiger partial charge is 0.480 e. The van der Waals surface area contributed by atoms with Crippen molar-refractivity contribution < 1.29 is 29.4 Å². The Morgan fingerprint density at radius 3 is 2.54 bits per heavy atom. The standard InChI is InChI=1S/C25H36N6O6/c26-10-4-3-8-19(24(35)31-11-5-9-21(31)25(36)37)29-23(34)20(30-22(33)17(27)14-32)12-15-13-28-18-7-2-1-6-16(15)18/h1-2,6-7,13,17,19-21,28,32H,3-5,8-12,14,26-27H2,(H,29,34)(H,30,33)(H,36,37). The van der Waals surface area contributed by atoms with Crippen LogP contribution in [0.5, 0.6) is 0 Å². The average molecular weight is 517 g/mol. The van der Waals surface area contributed by atoms with Gasteiger partial charge in [-0.1, -0.05) is 18.2 Å². The number of fused-ring (bicyclic) bond motifs is 1. The number of benzene rings is 1. The normalized spacial score (nSPS) is 17.8. The molecule has 0 aliphatic carbocycles. The molecule has 1 aromatic carbocycles. The van der Waals surface area contributed by atoms with Crippen molar-refractivity contribution in [1.29, 1.82) is 0 Å². The van der Waals surface area contributed by atoms with Gasteiger partial charge in [0.05, 0.1) is 6.61 Å². The molecule has 4 unspecified atom stereocenters. The summed E-state index contributed by atoms with van der Waals surface area (Å²) in [6.07, 6.45) is 4.21. The van der Waals surface area contributed by atoms with Gasteiger partial charge in [-0.05, 0) is 50.3 Å². The van der Waals surface area contributed by atoms with Gasteiger partial charge >= 0.3 is 5.97 Å². The number of likely N-dealkylation sites (tertiary alicyclic amines) is 1. The van der Waals surface area contributed by atoms with Crippen molar-refractivity contribution in [3.8, 4) is 0 Å². The molecule has 1 aliphatic heterocycles. The summed E-state index contributed by atoms with van der Waals surface area (Å²) in [5.41, 5.74) is 12.9. The van der Waals surface area contributed by atoms with Gasteiger partial charge in [0.15, 0.2) is 0 Å². The van der Waals surface area contributed by atoms with E-state index in [4.69, 9.17) is 11.5 Å². The zero-order chi connectivity index (χ0) is 26.9. The van der Waals surface area contributed by atoms with Crippen molar-refractivity contribution in [3.05, 3.63) is 36.0 Å². The third-order valence-corrected chi connectivity index (χ3v) is 6.65. The first kappa shape index (κ1) is 28.1. The number of nitrogens with two attached hydrogens (primary N) is 2. The Hall–Kier alpha value is -3.48. The highest BCUT2D eigenvalue weighted by Gasteiger charge is 2.38. The number of aromatic nitrogens is 1. The molecule has 3 amide bonds. The Balaban J connectivity index is 1.83. The molecule has 0 spiro atoms. The first-order valence-electron chi connectivity index (χ1n) is 12.5. The van der Waals surface area contributed by atoms with Crippen molar-refractivity contribution in [3.63, 3.8) is 0 Å². The number of rotatable bonds is 13. The van der Waals surface area contributed by atoms with Crippen LogP contribution in [-0.4, -0.2) is 87.7 Å². The van der Waals surface area contributed by atoms with Gasteiger partial charge in [0.2, 0.25) is 17.7 Å². The van der Waals surface area contributed by atoms with E-state index < -0.39 is 54.5 Å². The van der Waals surface area contributed by atoms with E-state index in [2.05, 4.69) is 15.6 Å².